The second-order valence-electron chi connectivity index (χ2n) is 2.85. The van der Waals surface area contributed by atoms with Gasteiger partial charge in [-0.1, -0.05) is 15.9 Å². The minimum Gasteiger partial charge on any atom is -0.465 e. The molecule has 16 heavy (non-hydrogen) atoms. The van der Waals surface area contributed by atoms with Crippen LogP contribution in [-0.2, 0) is 16.2 Å². The van der Waals surface area contributed by atoms with E-state index in [1.165, 1.54) is 0 Å². The molecule has 0 spiro atoms. The molecule has 0 amide bonds. The van der Waals surface area contributed by atoms with Crippen molar-refractivity contribution in [2.45, 2.75) is 11.5 Å². The van der Waals surface area contributed by atoms with Crippen LogP contribution >= 0.6 is 15.9 Å². The largest absolute Gasteiger partial charge is 0.465 e. The van der Waals surface area contributed by atoms with Crippen LogP contribution in [0, 0.1) is 0 Å². The van der Waals surface area contributed by atoms with Crippen LogP contribution in [0.4, 0.5) is 13.2 Å². The van der Waals surface area contributed by atoms with E-state index in [9.17, 15) is 18.0 Å². The summed E-state index contributed by atoms with van der Waals surface area (Å²) >= 11 is 3.05. The number of alkyl halides is 4. The first-order chi connectivity index (χ1) is 7.40. The van der Waals surface area contributed by atoms with Crippen molar-refractivity contribution in [1.82, 2.24) is 4.98 Å². The van der Waals surface area contributed by atoms with Gasteiger partial charge in [-0.05, 0) is 11.6 Å². The van der Waals surface area contributed by atoms with E-state index >= 15 is 0 Å². The van der Waals surface area contributed by atoms with Crippen molar-refractivity contribution in [3.8, 4) is 0 Å². The van der Waals surface area contributed by atoms with Crippen LogP contribution in [0.25, 0.3) is 0 Å². The standard InChI is InChI=1S/C9H7BrF3NO2/c1-16-8(15)6-2-7(9(11,12)13)14-4-5(6)3-10/h2,4H,3H2,1H3. The third-order valence-electron chi connectivity index (χ3n) is 1.83. The minimum absolute atomic E-state index is 0.137. The molecule has 0 atom stereocenters. The van der Waals surface area contributed by atoms with Gasteiger partial charge in [-0.15, -0.1) is 0 Å². The van der Waals surface area contributed by atoms with Crippen LogP contribution < -0.4 is 0 Å². The lowest BCUT2D eigenvalue weighted by molar-refractivity contribution is -0.141. The van der Waals surface area contributed by atoms with Gasteiger partial charge in [-0.2, -0.15) is 13.2 Å². The third kappa shape index (κ3) is 2.72. The molecule has 88 valence electrons. The van der Waals surface area contributed by atoms with E-state index in [-0.39, 0.29) is 10.9 Å². The molecule has 1 aromatic rings. The molecule has 0 aliphatic rings. The topological polar surface area (TPSA) is 39.2 Å². The maximum absolute atomic E-state index is 12.3. The Kier molecular flexibility index (Phi) is 3.90. The zero-order valence-corrected chi connectivity index (χ0v) is 9.72. The maximum atomic E-state index is 12.3. The molecule has 0 bridgehead atoms. The van der Waals surface area contributed by atoms with Gasteiger partial charge in [0.05, 0.1) is 12.7 Å². The monoisotopic (exact) mass is 297 g/mol. The summed E-state index contributed by atoms with van der Waals surface area (Å²) in [6.07, 6.45) is -3.57. The fraction of sp³-hybridized carbons (Fsp3) is 0.333. The van der Waals surface area contributed by atoms with E-state index < -0.39 is 17.8 Å². The van der Waals surface area contributed by atoms with Gasteiger partial charge in [0.2, 0.25) is 0 Å². The molecule has 0 aliphatic carbocycles. The summed E-state index contributed by atoms with van der Waals surface area (Å²) in [5.74, 6) is -0.817. The Balaban J connectivity index is 3.27. The first kappa shape index (κ1) is 13.0. The second-order valence-corrected chi connectivity index (χ2v) is 3.41. The zero-order valence-electron chi connectivity index (χ0n) is 8.14. The summed E-state index contributed by atoms with van der Waals surface area (Å²) in [6, 6.07) is 0.683. The molecule has 7 heteroatoms. The van der Waals surface area contributed by atoms with E-state index in [1.54, 1.807) is 0 Å². The van der Waals surface area contributed by atoms with Crippen LogP contribution in [0.5, 0.6) is 0 Å². The maximum Gasteiger partial charge on any atom is 0.433 e. The van der Waals surface area contributed by atoms with E-state index in [0.29, 0.717) is 11.6 Å². The Morgan fingerprint density at radius 1 is 1.56 bits per heavy atom. The summed E-state index contributed by atoms with van der Waals surface area (Å²) in [7, 11) is 1.11. The number of hydrogen-bond donors (Lipinski definition) is 0. The summed E-state index contributed by atoms with van der Waals surface area (Å²) in [5, 5.41) is 0.225. The van der Waals surface area contributed by atoms with Gasteiger partial charge in [0.1, 0.15) is 5.69 Å². The van der Waals surface area contributed by atoms with E-state index in [0.717, 1.165) is 13.3 Å². The Bertz CT molecular complexity index is 406. The van der Waals surface area contributed by atoms with Crippen molar-refractivity contribution in [2.75, 3.05) is 7.11 Å². The second kappa shape index (κ2) is 4.82. The van der Waals surface area contributed by atoms with Crippen LogP contribution in [-0.4, -0.2) is 18.1 Å². The zero-order chi connectivity index (χ0) is 12.3. The Labute approximate surface area is 97.8 Å². The van der Waals surface area contributed by atoms with E-state index in [2.05, 4.69) is 25.7 Å². The normalized spacial score (nSPS) is 11.3. The van der Waals surface area contributed by atoms with Crippen molar-refractivity contribution in [2.24, 2.45) is 0 Å². The molecule has 0 fully saturated rings. The van der Waals surface area contributed by atoms with Crippen molar-refractivity contribution in [3.63, 3.8) is 0 Å². The van der Waals surface area contributed by atoms with Crippen molar-refractivity contribution >= 4 is 21.9 Å². The number of esters is 1. The number of nitrogens with zero attached hydrogens (tertiary/aromatic N) is 1. The summed E-state index contributed by atoms with van der Waals surface area (Å²) < 4.78 is 41.4. The fourth-order valence-corrected chi connectivity index (χ4v) is 1.49. The van der Waals surface area contributed by atoms with Crippen molar-refractivity contribution in [1.29, 1.82) is 0 Å². The third-order valence-corrected chi connectivity index (χ3v) is 2.43. The molecule has 0 unspecified atom stereocenters. The Morgan fingerprint density at radius 3 is 2.62 bits per heavy atom. The number of methoxy groups -OCH3 is 1. The molecule has 0 N–H and O–H groups in total. The van der Waals surface area contributed by atoms with Crippen LogP contribution in [0.2, 0.25) is 0 Å². The van der Waals surface area contributed by atoms with Crippen molar-refractivity contribution in [3.05, 3.63) is 29.1 Å². The van der Waals surface area contributed by atoms with Crippen LogP contribution in [0.15, 0.2) is 12.3 Å². The lowest BCUT2D eigenvalue weighted by atomic mass is 10.1. The molecule has 0 aromatic carbocycles. The quantitative estimate of drug-likeness (QED) is 0.622. The van der Waals surface area contributed by atoms with Crippen LogP contribution in [0.1, 0.15) is 21.6 Å². The van der Waals surface area contributed by atoms with Gasteiger partial charge < -0.3 is 4.74 Å². The highest BCUT2D eigenvalue weighted by molar-refractivity contribution is 9.08. The van der Waals surface area contributed by atoms with Gasteiger partial charge in [0.15, 0.2) is 0 Å². The van der Waals surface area contributed by atoms with Gasteiger partial charge >= 0.3 is 12.1 Å². The van der Waals surface area contributed by atoms with Gasteiger partial charge in [0, 0.05) is 11.5 Å². The molecule has 0 aliphatic heterocycles. The lowest BCUT2D eigenvalue weighted by Crippen LogP contribution is -2.13. The Morgan fingerprint density at radius 2 is 2.19 bits per heavy atom. The number of pyridine rings is 1. The van der Waals surface area contributed by atoms with E-state index in [1.807, 2.05) is 0 Å². The number of carbonyl (C=O) groups excluding carboxylic acids is 1. The predicted octanol–water partition coefficient (Wildman–Crippen LogP) is 2.78. The molecule has 1 rings (SSSR count). The van der Waals surface area contributed by atoms with Gasteiger partial charge in [-0.25, -0.2) is 4.79 Å². The first-order valence-electron chi connectivity index (χ1n) is 4.10. The number of aromatic nitrogens is 1. The number of halogens is 4. The molecule has 0 radical (unpaired) electrons. The molecular weight excluding hydrogens is 291 g/mol. The highest BCUT2D eigenvalue weighted by atomic mass is 79.9. The summed E-state index contributed by atoms with van der Waals surface area (Å²) in [6.45, 7) is 0. The molecule has 0 saturated carbocycles. The van der Waals surface area contributed by atoms with E-state index in [4.69, 9.17) is 0 Å². The first-order valence-corrected chi connectivity index (χ1v) is 5.22. The van der Waals surface area contributed by atoms with Crippen LogP contribution in [0.3, 0.4) is 0 Å². The molecule has 1 aromatic heterocycles. The smallest absolute Gasteiger partial charge is 0.433 e. The number of hydrogen-bond acceptors (Lipinski definition) is 3. The highest BCUT2D eigenvalue weighted by Crippen LogP contribution is 2.29. The fourth-order valence-electron chi connectivity index (χ4n) is 1.05. The minimum atomic E-state index is -4.58. The van der Waals surface area contributed by atoms with Crippen molar-refractivity contribution < 1.29 is 22.7 Å². The SMILES string of the molecule is COC(=O)c1cc(C(F)(F)F)ncc1CBr. The average molecular weight is 298 g/mol. The number of carbonyl (C=O) groups is 1. The Hall–Kier alpha value is -1.11. The van der Waals surface area contributed by atoms with Gasteiger partial charge in [0.25, 0.3) is 0 Å². The molecule has 1 heterocycles. The highest BCUT2D eigenvalue weighted by Gasteiger charge is 2.33. The number of rotatable bonds is 2. The lowest BCUT2D eigenvalue weighted by Gasteiger charge is -2.09. The number of ether oxygens (including phenoxy) is 1. The van der Waals surface area contributed by atoms with Gasteiger partial charge in [-0.3, -0.25) is 4.98 Å². The molecule has 0 saturated heterocycles. The molecule has 3 nitrogen and oxygen atoms in total. The summed E-state index contributed by atoms with van der Waals surface area (Å²) in [5.41, 5.74) is -0.904. The summed E-state index contributed by atoms with van der Waals surface area (Å²) in [4.78, 5) is 14.5. The predicted molar refractivity (Wildman–Crippen MR) is 53.2 cm³/mol. The average Bonchev–Trinajstić information content (AvgIpc) is 2.25. The molecular formula is C9H7BrF3NO2.